The van der Waals surface area contributed by atoms with Gasteiger partial charge in [-0.3, -0.25) is 9.59 Å². The average Bonchev–Trinajstić information content (AvgIpc) is 2.47. The smallest absolute Gasteiger partial charge is 0.310 e. The number of fused-ring (bicyclic) bond motifs is 1. The lowest BCUT2D eigenvalue weighted by molar-refractivity contribution is -0.144. The minimum absolute atomic E-state index is 0.138. The van der Waals surface area contributed by atoms with E-state index in [0.29, 0.717) is 5.75 Å². The standard InChI is InChI=1S/C16H15O4/c1-2-19-16(18)10-13(11-17)20-15-9-5-7-12-6-3-4-8-14(12)15/h3-9,13H,2,10H2,1H3. The van der Waals surface area contributed by atoms with Gasteiger partial charge in [-0.1, -0.05) is 36.4 Å². The zero-order valence-electron chi connectivity index (χ0n) is 11.2. The predicted molar refractivity (Wildman–Crippen MR) is 75.3 cm³/mol. The lowest BCUT2D eigenvalue weighted by atomic mass is 10.1. The number of hydrogen-bond acceptors (Lipinski definition) is 4. The Bertz CT molecular complexity index is 601. The molecule has 1 unspecified atom stereocenters. The highest BCUT2D eigenvalue weighted by molar-refractivity contribution is 5.88. The molecule has 2 rings (SSSR count). The van der Waals surface area contributed by atoms with Gasteiger partial charge in [-0.25, -0.2) is 0 Å². The molecule has 0 heterocycles. The summed E-state index contributed by atoms with van der Waals surface area (Å²) in [4.78, 5) is 22.3. The van der Waals surface area contributed by atoms with Gasteiger partial charge in [0.2, 0.25) is 6.29 Å². The normalized spacial score (nSPS) is 11.8. The first-order valence-electron chi connectivity index (χ1n) is 6.42. The Balaban J connectivity index is 2.17. The van der Waals surface area contributed by atoms with Crippen LogP contribution in [-0.4, -0.2) is 25.0 Å². The predicted octanol–water partition coefficient (Wildman–Crippen LogP) is 2.65. The zero-order chi connectivity index (χ0) is 14.4. The van der Waals surface area contributed by atoms with E-state index in [0.717, 1.165) is 10.8 Å². The molecule has 2 aromatic rings. The van der Waals surface area contributed by atoms with Crippen LogP contribution in [0.15, 0.2) is 42.5 Å². The van der Waals surface area contributed by atoms with Crippen LogP contribution in [0.5, 0.6) is 5.75 Å². The van der Waals surface area contributed by atoms with Crippen molar-refractivity contribution in [2.24, 2.45) is 0 Å². The van der Waals surface area contributed by atoms with Gasteiger partial charge >= 0.3 is 5.97 Å². The van der Waals surface area contributed by atoms with Crippen molar-refractivity contribution in [3.63, 3.8) is 0 Å². The van der Waals surface area contributed by atoms with E-state index in [1.54, 1.807) is 19.3 Å². The maximum Gasteiger partial charge on any atom is 0.310 e. The van der Waals surface area contributed by atoms with Crippen molar-refractivity contribution < 1.29 is 19.1 Å². The fourth-order valence-corrected chi connectivity index (χ4v) is 1.93. The molecule has 0 fully saturated rings. The molecule has 20 heavy (non-hydrogen) atoms. The highest BCUT2D eigenvalue weighted by atomic mass is 16.5. The first kappa shape index (κ1) is 14.1. The molecule has 1 radical (unpaired) electrons. The van der Waals surface area contributed by atoms with Crippen LogP contribution in [0.25, 0.3) is 10.8 Å². The van der Waals surface area contributed by atoms with Gasteiger partial charge < -0.3 is 9.47 Å². The number of hydrogen-bond donors (Lipinski definition) is 0. The molecule has 4 heteroatoms. The van der Waals surface area contributed by atoms with Crippen LogP contribution in [0.4, 0.5) is 0 Å². The van der Waals surface area contributed by atoms with Crippen LogP contribution in [0, 0.1) is 0 Å². The van der Waals surface area contributed by atoms with Crippen molar-refractivity contribution in [3.05, 3.63) is 42.5 Å². The summed E-state index contributed by atoms with van der Waals surface area (Å²) >= 11 is 0. The van der Waals surface area contributed by atoms with Crippen LogP contribution in [0.3, 0.4) is 0 Å². The molecule has 103 valence electrons. The molecule has 0 saturated heterocycles. The Morgan fingerprint density at radius 3 is 2.70 bits per heavy atom. The Kier molecular flexibility index (Phi) is 4.71. The quantitative estimate of drug-likeness (QED) is 0.758. The molecule has 0 aliphatic carbocycles. The van der Waals surface area contributed by atoms with Crippen molar-refractivity contribution in [2.75, 3.05) is 6.61 Å². The zero-order valence-corrected chi connectivity index (χ0v) is 11.2. The first-order chi connectivity index (χ1) is 9.74. The van der Waals surface area contributed by atoms with Crippen LogP contribution < -0.4 is 4.74 Å². The Morgan fingerprint density at radius 1 is 1.20 bits per heavy atom. The number of carbonyl (C=O) groups excluding carboxylic acids is 2. The van der Waals surface area contributed by atoms with Gasteiger partial charge in [0.25, 0.3) is 0 Å². The highest BCUT2D eigenvalue weighted by Gasteiger charge is 2.17. The topological polar surface area (TPSA) is 52.6 Å². The van der Waals surface area contributed by atoms with Gasteiger partial charge in [-0.05, 0) is 18.4 Å². The molecule has 0 bridgehead atoms. The minimum atomic E-state index is -0.958. The van der Waals surface area contributed by atoms with E-state index in [-0.39, 0.29) is 13.0 Å². The average molecular weight is 271 g/mol. The van der Waals surface area contributed by atoms with E-state index in [9.17, 15) is 9.59 Å². The van der Waals surface area contributed by atoms with E-state index in [4.69, 9.17) is 9.47 Å². The minimum Gasteiger partial charge on any atom is -0.481 e. The van der Waals surface area contributed by atoms with E-state index in [1.807, 2.05) is 36.4 Å². The largest absolute Gasteiger partial charge is 0.481 e. The molecule has 0 N–H and O–H groups in total. The maximum atomic E-state index is 11.4. The number of ether oxygens (including phenoxy) is 2. The third-order valence-electron chi connectivity index (χ3n) is 2.81. The highest BCUT2D eigenvalue weighted by Crippen LogP contribution is 2.26. The first-order valence-corrected chi connectivity index (χ1v) is 6.42. The molecule has 0 aromatic heterocycles. The van der Waals surface area contributed by atoms with Crippen molar-refractivity contribution in [1.29, 1.82) is 0 Å². The lowest BCUT2D eigenvalue weighted by Gasteiger charge is -2.14. The summed E-state index contributed by atoms with van der Waals surface area (Å²) in [5.41, 5.74) is 0. The number of rotatable bonds is 6. The molecule has 0 aliphatic rings. The fourth-order valence-electron chi connectivity index (χ4n) is 1.93. The molecule has 4 nitrogen and oxygen atoms in total. The summed E-state index contributed by atoms with van der Waals surface area (Å²) in [6, 6.07) is 13.2. The third kappa shape index (κ3) is 3.35. The second-order valence-corrected chi connectivity index (χ2v) is 4.21. The van der Waals surface area contributed by atoms with Gasteiger partial charge in [0.15, 0.2) is 6.10 Å². The SMILES string of the molecule is CCOC(=O)CC([C]=O)Oc1cccc2ccccc12. The number of carbonyl (C=O) groups is 1. The third-order valence-corrected chi connectivity index (χ3v) is 2.81. The molecular formula is C16H15O4. The van der Waals surface area contributed by atoms with E-state index in [2.05, 4.69) is 0 Å². The molecule has 0 aliphatic heterocycles. The number of esters is 1. The molecule has 2 aromatic carbocycles. The van der Waals surface area contributed by atoms with Gasteiger partial charge in [-0.2, -0.15) is 0 Å². The maximum absolute atomic E-state index is 11.4. The summed E-state index contributed by atoms with van der Waals surface area (Å²) in [6.45, 7) is 1.99. The van der Waals surface area contributed by atoms with Crippen molar-refractivity contribution in [3.8, 4) is 5.75 Å². The van der Waals surface area contributed by atoms with E-state index in [1.165, 1.54) is 0 Å². The summed E-state index contributed by atoms with van der Waals surface area (Å²) in [6.07, 6.45) is 0.635. The Hall–Kier alpha value is -2.36. The summed E-state index contributed by atoms with van der Waals surface area (Å²) < 4.78 is 10.4. The van der Waals surface area contributed by atoms with Gasteiger partial charge in [0.05, 0.1) is 13.0 Å². The Morgan fingerprint density at radius 2 is 1.95 bits per heavy atom. The van der Waals surface area contributed by atoms with Gasteiger partial charge in [0.1, 0.15) is 5.75 Å². The van der Waals surface area contributed by atoms with E-state index < -0.39 is 12.1 Å². The lowest BCUT2D eigenvalue weighted by Crippen LogP contribution is -2.23. The van der Waals surface area contributed by atoms with Crippen molar-refractivity contribution in [2.45, 2.75) is 19.4 Å². The molecule has 0 amide bonds. The van der Waals surface area contributed by atoms with Gasteiger partial charge in [0, 0.05) is 5.39 Å². The molecule has 0 spiro atoms. The van der Waals surface area contributed by atoms with Crippen molar-refractivity contribution in [1.82, 2.24) is 0 Å². The summed E-state index contributed by atoms with van der Waals surface area (Å²) in [5, 5.41) is 1.89. The molecule has 1 atom stereocenters. The van der Waals surface area contributed by atoms with Crippen molar-refractivity contribution >= 4 is 23.0 Å². The Labute approximate surface area is 117 Å². The monoisotopic (exact) mass is 271 g/mol. The van der Waals surface area contributed by atoms with Crippen LogP contribution in [0.1, 0.15) is 13.3 Å². The van der Waals surface area contributed by atoms with Crippen LogP contribution in [-0.2, 0) is 14.3 Å². The second-order valence-electron chi connectivity index (χ2n) is 4.21. The van der Waals surface area contributed by atoms with Crippen LogP contribution in [0.2, 0.25) is 0 Å². The summed E-state index contributed by atoms with van der Waals surface area (Å²) in [7, 11) is 0. The molecule has 0 saturated carbocycles. The van der Waals surface area contributed by atoms with Gasteiger partial charge in [-0.15, -0.1) is 0 Å². The molecular weight excluding hydrogens is 256 g/mol. The number of benzene rings is 2. The second kappa shape index (κ2) is 6.70. The van der Waals surface area contributed by atoms with Crippen LogP contribution >= 0.6 is 0 Å². The summed E-state index contributed by atoms with van der Waals surface area (Å²) in [5.74, 6) is 0.0850. The fraction of sp³-hybridized carbons (Fsp3) is 0.250. The van der Waals surface area contributed by atoms with E-state index >= 15 is 0 Å².